The van der Waals surface area contributed by atoms with Gasteiger partial charge < -0.3 is 15.7 Å². The van der Waals surface area contributed by atoms with E-state index in [2.05, 4.69) is 9.89 Å². The Kier molecular flexibility index (Phi) is 8.01. The number of hydrogen-bond acceptors (Lipinski definition) is 3. The number of aliphatic hydroxyl groups is 1. The topological polar surface area (TPSA) is 61.9 Å². The van der Waals surface area contributed by atoms with Gasteiger partial charge in [0.05, 0.1) is 12.6 Å². The molecule has 2 rings (SSSR count). The number of benzene rings is 1. The van der Waals surface area contributed by atoms with Gasteiger partial charge in [-0.3, -0.25) is 4.99 Å². The zero-order valence-electron chi connectivity index (χ0n) is 11.0. The molecule has 0 aromatic heterocycles. The molecule has 1 aromatic carbocycles. The first kappa shape index (κ1) is 17.9. The van der Waals surface area contributed by atoms with E-state index in [1.165, 1.54) is 0 Å². The van der Waals surface area contributed by atoms with Crippen LogP contribution in [-0.2, 0) is 0 Å². The van der Waals surface area contributed by atoms with Gasteiger partial charge in [0.1, 0.15) is 0 Å². The van der Waals surface area contributed by atoms with Crippen molar-refractivity contribution in [1.29, 1.82) is 0 Å². The number of aliphatic hydroxyl groups excluding tert-OH is 1. The van der Waals surface area contributed by atoms with Crippen LogP contribution in [-0.4, -0.2) is 47.1 Å². The first-order chi connectivity index (χ1) is 9.16. The van der Waals surface area contributed by atoms with E-state index < -0.39 is 6.10 Å². The minimum atomic E-state index is -0.644. The second-order valence-corrected chi connectivity index (χ2v) is 6.03. The molecule has 1 unspecified atom stereocenters. The Morgan fingerprint density at radius 2 is 1.95 bits per heavy atom. The summed E-state index contributed by atoms with van der Waals surface area (Å²) in [5.74, 6) is 2.68. The van der Waals surface area contributed by atoms with Crippen molar-refractivity contribution in [2.24, 2.45) is 10.7 Å². The highest BCUT2D eigenvalue weighted by atomic mass is 127. The fourth-order valence-electron chi connectivity index (χ4n) is 1.86. The molecule has 1 atom stereocenters. The van der Waals surface area contributed by atoms with Crippen LogP contribution >= 0.6 is 47.3 Å². The Bertz CT molecular complexity index is 438. The van der Waals surface area contributed by atoms with Gasteiger partial charge in [0.25, 0.3) is 0 Å². The van der Waals surface area contributed by atoms with Crippen LogP contribution in [0.3, 0.4) is 0 Å². The van der Waals surface area contributed by atoms with Gasteiger partial charge in [-0.2, -0.15) is 11.8 Å². The first-order valence-corrected chi connectivity index (χ1v) is 7.76. The molecule has 0 bridgehead atoms. The maximum atomic E-state index is 10.0. The summed E-state index contributed by atoms with van der Waals surface area (Å²) in [6.45, 7) is 2.13. The SMILES string of the molecule is I.NC(=NCC(O)c1ccc(Cl)cc1)N1CCSCC1. The third kappa shape index (κ3) is 5.31. The number of hydrogen-bond donors (Lipinski definition) is 2. The van der Waals surface area contributed by atoms with Crippen LogP contribution in [0.1, 0.15) is 11.7 Å². The summed E-state index contributed by atoms with van der Waals surface area (Å²) in [5, 5.41) is 10.7. The van der Waals surface area contributed by atoms with Gasteiger partial charge in [0.2, 0.25) is 0 Å². The Hall–Kier alpha value is -0.180. The molecule has 0 amide bonds. The van der Waals surface area contributed by atoms with Crippen LogP contribution in [0.2, 0.25) is 5.02 Å². The van der Waals surface area contributed by atoms with Gasteiger partial charge in [-0.05, 0) is 17.7 Å². The highest BCUT2D eigenvalue weighted by molar-refractivity contribution is 14.0. The molecule has 4 nitrogen and oxygen atoms in total. The summed E-state index contributed by atoms with van der Waals surface area (Å²) >= 11 is 7.73. The van der Waals surface area contributed by atoms with Gasteiger partial charge in [0, 0.05) is 29.6 Å². The predicted molar refractivity (Wildman–Crippen MR) is 97.2 cm³/mol. The van der Waals surface area contributed by atoms with E-state index in [1.54, 1.807) is 24.3 Å². The van der Waals surface area contributed by atoms with E-state index in [9.17, 15) is 5.11 Å². The molecule has 0 spiro atoms. The van der Waals surface area contributed by atoms with E-state index in [4.69, 9.17) is 17.3 Å². The second kappa shape index (κ2) is 8.96. The lowest BCUT2D eigenvalue weighted by molar-refractivity contribution is 0.186. The van der Waals surface area contributed by atoms with E-state index in [1.807, 2.05) is 11.8 Å². The monoisotopic (exact) mass is 427 g/mol. The standard InChI is InChI=1S/C13H18ClN3OS.HI/c14-11-3-1-10(2-4-11)12(18)9-16-13(15)17-5-7-19-8-6-17;/h1-4,12,18H,5-9H2,(H2,15,16);1H. The van der Waals surface area contributed by atoms with Crippen molar-refractivity contribution >= 4 is 53.3 Å². The van der Waals surface area contributed by atoms with Gasteiger partial charge >= 0.3 is 0 Å². The molecule has 7 heteroatoms. The number of halogens is 2. The van der Waals surface area contributed by atoms with E-state index in [0.717, 1.165) is 30.2 Å². The highest BCUT2D eigenvalue weighted by Gasteiger charge is 2.13. The normalized spacial score (nSPS) is 17.5. The van der Waals surface area contributed by atoms with Crippen molar-refractivity contribution in [2.45, 2.75) is 6.10 Å². The van der Waals surface area contributed by atoms with Crippen LogP contribution in [0.5, 0.6) is 0 Å². The number of nitrogens with zero attached hydrogens (tertiary/aromatic N) is 2. The summed E-state index contributed by atoms with van der Waals surface area (Å²) in [7, 11) is 0. The van der Waals surface area contributed by atoms with Gasteiger partial charge in [0.15, 0.2) is 5.96 Å². The molecule has 0 radical (unpaired) electrons. The number of aliphatic imine (C=N–C) groups is 1. The average Bonchev–Trinajstić information content (AvgIpc) is 2.46. The molecule has 3 N–H and O–H groups in total. The number of rotatable bonds is 3. The second-order valence-electron chi connectivity index (χ2n) is 4.37. The summed E-state index contributed by atoms with van der Waals surface area (Å²) < 4.78 is 0. The maximum Gasteiger partial charge on any atom is 0.191 e. The third-order valence-electron chi connectivity index (χ3n) is 3.02. The molecule has 1 aliphatic rings. The van der Waals surface area contributed by atoms with Crippen LogP contribution in [0, 0.1) is 0 Å². The van der Waals surface area contributed by atoms with E-state index in [-0.39, 0.29) is 30.5 Å². The average molecular weight is 428 g/mol. The maximum absolute atomic E-state index is 10.0. The van der Waals surface area contributed by atoms with Crippen molar-refractivity contribution in [3.63, 3.8) is 0 Å². The number of nitrogens with two attached hydrogens (primary N) is 1. The fourth-order valence-corrected chi connectivity index (χ4v) is 2.89. The molecular formula is C13H19ClIN3OS. The van der Waals surface area contributed by atoms with Crippen molar-refractivity contribution in [1.82, 2.24) is 4.90 Å². The lowest BCUT2D eigenvalue weighted by Crippen LogP contribution is -2.42. The summed E-state index contributed by atoms with van der Waals surface area (Å²) in [6.07, 6.45) is -0.644. The lowest BCUT2D eigenvalue weighted by atomic mass is 10.1. The van der Waals surface area contributed by atoms with Crippen molar-refractivity contribution in [3.8, 4) is 0 Å². The Morgan fingerprint density at radius 3 is 2.55 bits per heavy atom. The highest BCUT2D eigenvalue weighted by Crippen LogP contribution is 2.17. The zero-order chi connectivity index (χ0) is 13.7. The van der Waals surface area contributed by atoms with E-state index >= 15 is 0 Å². The fraction of sp³-hybridized carbons (Fsp3) is 0.462. The quantitative estimate of drug-likeness (QED) is 0.442. The summed E-state index contributed by atoms with van der Waals surface area (Å²) in [6, 6.07) is 7.12. The van der Waals surface area contributed by atoms with Gasteiger partial charge in [-0.1, -0.05) is 23.7 Å². The molecule has 20 heavy (non-hydrogen) atoms. The van der Waals surface area contributed by atoms with Crippen LogP contribution in [0.15, 0.2) is 29.3 Å². The summed E-state index contributed by atoms with van der Waals surface area (Å²) in [4.78, 5) is 6.34. The van der Waals surface area contributed by atoms with Crippen LogP contribution in [0.25, 0.3) is 0 Å². The molecule has 1 fully saturated rings. The molecule has 0 aliphatic carbocycles. The number of thioether (sulfide) groups is 1. The van der Waals surface area contributed by atoms with Crippen molar-refractivity contribution < 1.29 is 5.11 Å². The van der Waals surface area contributed by atoms with E-state index in [0.29, 0.717) is 11.0 Å². The molecule has 1 aromatic rings. The molecular weight excluding hydrogens is 409 g/mol. The number of guanidine groups is 1. The van der Waals surface area contributed by atoms with Crippen LogP contribution < -0.4 is 5.73 Å². The summed E-state index contributed by atoms with van der Waals surface area (Å²) in [5.41, 5.74) is 6.73. The Morgan fingerprint density at radius 1 is 1.35 bits per heavy atom. The largest absolute Gasteiger partial charge is 0.386 e. The molecule has 1 saturated heterocycles. The predicted octanol–water partition coefficient (Wildman–Crippen LogP) is 2.35. The Labute approximate surface area is 145 Å². The molecule has 0 saturated carbocycles. The first-order valence-electron chi connectivity index (χ1n) is 6.23. The molecule has 1 heterocycles. The molecule has 1 aliphatic heterocycles. The third-order valence-corrected chi connectivity index (χ3v) is 4.21. The molecule has 112 valence electrons. The lowest BCUT2D eigenvalue weighted by Gasteiger charge is -2.27. The van der Waals surface area contributed by atoms with Gasteiger partial charge in [-0.25, -0.2) is 0 Å². The van der Waals surface area contributed by atoms with Crippen LogP contribution in [0.4, 0.5) is 0 Å². The zero-order valence-corrected chi connectivity index (χ0v) is 14.9. The van der Waals surface area contributed by atoms with Crippen molar-refractivity contribution in [3.05, 3.63) is 34.9 Å². The Balaban J connectivity index is 0.00000200. The minimum Gasteiger partial charge on any atom is -0.386 e. The van der Waals surface area contributed by atoms with Gasteiger partial charge in [-0.15, -0.1) is 24.0 Å². The van der Waals surface area contributed by atoms with Crippen molar-refractivity contribution in [2.75, 3.05) is 31.1 Å². The smallest absolute Gasteiger partial charge is 0.191 e. The minimum absolute atomic E-state index is 0.